The molecule has 136 valence electrons. The minimum absolute atomic E-state index is 0.0644. The third-order valence-corrected chi connectivity index (χ3v) is 7.60. The molecule has 1 aliphatic rings. The Morgan fingerprint density at radius 2 is 1.83 bits per heavy atom. The van der Waals surface area contributed by atoms with Gasteiger partial charge in [0.1, 0.15) is 0 Å². The van der Waals surface area contributed by atoms with Crippen molar-refractivity contribution in [1.29, 1.82) is 0 Å². The second-order valence-electron chi connectivity index (χ2n) is 5.94. The molecule has 0 aliphatic carbocycles. The molecule has 0 aromatic heterocycles. The number of sulfonamides is 2. The van der Waals surface area contributed by atoms with Crippen LogP contribution in [0.5, 0.6) is 0 Å². The van der Waals surface area contributed by atoms with Crippen LogP contribution in [0.1, 0.15) is 18.4 Å². The zero-order chi connectivity index (χ0) is 17.8. The molecule has 1 heterocycles. The summed E-state index contributed by atoms with van der Waals surface area (Å²) in [6.45, 7) is 2.56. The van der Waals surface area contributed by atoms with Crippen molar-refractivity contribution in [3.05, 3.63) is 35.9 Å². The van der Waals surface area contributed by atoms with Crippen LogP contribution in [0.4, 0.5) is 0 Å². The van der Waals surface area contributed by atoms with Gasteiger partial charge in [0, 0.05) is 25.6 Å². The zero-order valence-electron chi connectivity index (χ0n) is 13.8. The minimum atomic E-state index is -3.52. The van der Waals surface area contributed by atoms with Gasteiger partial charge in [0.2, 0.25) is 20.0 Å². The third kappa shape index (κ3) is 4.76. The summed E-state index contributed by atoms with van der Waals surface area (Å²) in [5.41, 5.74) is 6.91. The van der Waals surface area contributed by atoms with Crippen molar-refractivity contribution in [2.24, 2.45) is 11.7 Å². The van der Waals surface area contributed by atoms with Crippen LogP contribution in [0, 0.1) is 5.92 Å². The van der Waals surface area contributed by atoms with E-state index in [0.717, 1.165) is 5.56 Å². The summed E-state index contributed by atoms with van der Waals surface area (Å²) < 4.78 is 51.5. The average molecular weight is 376 g/mol. The quantitative estimate of drug-likeness (QED) is 0.661. The molecule has 1 aliphatic heterocycles. The molecule has 2 rings (SSSR count). The summed E-state index contributed by atoms with van der Waals surface area (Å²) in [5, 5.41) is 0. The van der Waals surface area contributed by atoms with Gasteiger partial charge in [-0.3, -0.25) is 0 Å². The van der Waals surface area contributed by atoms with Crippen LogP contribution >= 0.6 is 0 Å². The number of benzene rings is 1. The van der Waals surface area contributed by atoms with Gasteiger partial charge in [-0.1, -0.05) is 30.3 Å². The number of nitrogens with zero attached hydrogens (tertiary/aromatic N) is 1. The number of rotatable bonds is 8. The third-order valence-electron chi connectivity index (χ3n) is 4.39. The summed E-state index contributed by atoms with van der Waals surface area (Å²) in [4.78, 5) is 0. The fraction of sp³-hybridized carbons (Fsp3) is 0.600. The van der Waals surface area contributed by atoms with Gasteiger partial charge in [-0.2, -0.15) is 0 Å². The number of nitrogens with one attached hydrogen (secondary N) is 1. The zero-order valence-corrected chi connectivity index (χ0v) is 15.4. The van der Waals surface area contributed by atoms with Crippen molar-refractivity contribution in [2.75, 3.05) is 37.7 Å². The van der Waals surface area contributed by atoms with Gasteiger partial charge in [-0.25, -0.2) is 25.9 Å². The maximum Gasteiger partial charge on any atom is 0.215 e. The normalized spacial score (nSPS) is 22.8. The lowest BCUT2D eigenvalue weighted by atomic mass is 9.89. The molecular weight excluding hydrogens is 350 g/mol. The molecule has 0 spiro atoms. The highest BCUT2D eigenvalue weighted by molar-refractivity contribution is 7.90. The van der Waals surface area contributed by atoms with Crippen molar-refractivity contribution < 1.29 is 16.8 Å². The molecule has 24 heavy (non-hydrogen) atoms. The standard InChI is InChI=1S/C15H25N3O4S2/c1-2-23(19,20)17-8-9-24(21,22)18-11-14(10-16)15(12-18)13-6-4-3-5-7-13/h3-7,14-15,17H,2,8-12,16H2,1H3/t14-,15+/m1/s1. The monoisotopic (exact) mass is 375 g/mol. The van der Waals surface area contributed by atoms with Crippen LogP contribution in [0.15, 0.2) is 30.3 Å². The maximum absolute atomic E-state index is 12.5. The van der Waals surface area contributed by atoms with E-state index in [-0.39, 0.29) is 29.9 Å². The Bertz CT molecular complexity index is 735. The highest BCUT2D eigenvalue weighted by Gasteiger charge is 2.38. The Morgan fingerprint density at radius 1 is 1.17 bits per heavy atom. The van der Waals surface area contributed by atoms with E-state index in [2.05, 4.69) is 4.72 Å². The topological polar surface area (TPSA) is 110 Å². The maximum atomic E-state index is 12.5. The molecule has 1 saturated heterocycles. The van der Waals surface area contributed by atoms with E-state index in [1.165, 1.54) is 11.2 Å². The Morgan fingerprint density at radius 3 is 2.42 bits per heavy atom. The van der Waals surface area contributed by atoms with Crippen LogP contribution in [-0.4, -0.2) is 58.8 Å². The summed E-state index contributed by atoms with van der Waals surface area (Å²) in [6.07, 6.45) is 0. The first kappa shape index (κ1) is 19.3. The van der Waals surface area contributed by atoms with Crippen LogP contribution in [0.3, 0.4) is 0 Å². The summed E-state index contributed by atoms with van der Waals surface area (Å²) >= 11 is 0. The van der Waals surface area contributed by atoms with Crippen molar-refractivity contribution in [3.63, 3.8) is 0 Å². The number of nitrogens with two attached hydrogens (primary N) is 1. The lowest BCUT2D eigenvalue weighted by molar-refractivity contribution is 0.458. The van der Waals surface area contributed by atoms with Gasteiger partial charge in [0.05, 0.1) is 11.5 Å². The molecule has 0 amide bonds. The van der Waals surface area contributed by atoms with Gasteiger partial charge in [-0.15, -0.1) is 0 Å². The molecule has 1 aromatic carbocycles. The Kier molecular flexibility index (Phi) is 6.38. The van der Waals surface area contributed by atoms with E-state index in [0.29, 0.717) is 19.6 Å². The average Bonchev–Trinajstić information content (AvgIpc) is 3.00. The molecule has 3 N–H and O–H groups in total. The van der Waals surface area contributed by atoms with Crippen molar-refractivity contribution in [3.8, 4) is 0 Å². The van der Waals surface area contributed by atoms with Crippen LogP contribution in [0.2, 0.25) is 0 Å². The summed E-state index contributed by atoms with van der Waals surface area (Å²) in [5.74, 6) is -0.180. The van der Waals surface area contributed by atoms with E-state index < -0.39 is 20.0 Å². The van der Waals surface area contributed by atoms with Gasteiger partial charge < -0.3 is 5.73 Å². The van der Waals surface area contributed by atoms with Gasteiger partial charge >= 0.3 is 0 Å². The number of hydrogen-bond acceptors (Lipinski definition) is 5. The van der Waals surface area contributed by atoms with Crippen LogP contribution in [-0.2, 0) is 20.0 Å². The molecule has 1 fully saturated rings. The molecule has 0 unspecified atom stereocenters. The molecule has 9 heteroatoms. The first-order valence-corrected chi connectivity index (χ1v) is 11.3. The fourth-order valence-corrected chi connectivity index (χ4v) is 5.10. The summed E-state index contributed by atoms with van der Waals surface area (Å²) in [6, 6.07) is 9.75. The van der Waals surface area contributed by atoms with Gasteiger partial charge in [0.25, 0.3) is 0 Å². The van der Waals surface area contributed by atoms with Crippen molar-refractivity contribution in [1.82, 2.24) is 9.03 Å². The second-order valence-corrected chi connectivity index (χ2v) is 10.1. The predicted molar refractivity (Wildman–Crippen MR) is 94.6 cm³/mol. The Balaban J connectivity index is 2.04. The fourth-order valence-electron chi connectivity index (χ4n) is 2.93. The first-order valence-electron chi connectivity index (χ1n) is 7.99. The van der Waals surface area contributed by atoms with E-state index in [9.17, 15) is 16.8 Å². The number of hydrogen-bond donors (Lipinski definition) is 2. The highest BCUT2D eigenvalue weighted by atomic mass is 32.2. The van der Waals surface area contributed by atoms with Gasteiger partial charge in [-0.05, 0) is 24.9 Å². The molecule has 0 saturated carbocycles. The van der Waals surface area contributed by atoms with E-state index in [4.69, 9.17) is 5.73 Å². The molecule has 2 atom stereocenters. The highest BCUT2D eigenvalue weighted by Crippen LogP contribution is 2.33. The molecule has 0 radical (unpaired) electrons. The molecule has 1 aromatic rings. The Labute approximate surface area is 144 Å². The molecule has 7 nitrogen and oxygen atoms in total. The van der Waals surface area contributed by atoms with Crippen molar-refractivity contribution >= 4 is 20.0 Å². The summed E-state index contributed by atoms with van der Waals surface area (Å²) in [7, 11) is -6.91. The van der Waals surface area contributed by atoms with E-state index in [1.54, 1.807) is 0 Å². The lowest BCUT2D eigenvalue weighted by Crippen LogP contribution is -2.37. The predicted octanol–water partition coefficient (Wildman–Crippen LogP) is -0.0702. The van der Waals surface area contributed by atoms with E-state index >= 15 is 0 Å². The first-order chi connectivity index (χ1) is 11.3. The van der Waals surface area contributed by atoms with E-state index in [1.807, 2.05) is 30.3 Å². The van der Waals surface area contributed by atoms with Crippen LogP contribution in [0.25, 0.3) is 0 Å². The molecule has 0 bridgehead atoms. The van der Waals surface area contributed by atoms with Crippen molar-refractivity contribution in [2.45, 2.75) is 12.8 Å². The second kappa shape index (κ2) is 7.92. The van der Waals surface area contributed by atoms with Crippen LogP contribution < -0.4 is 10.5 Å². The SMILES string of the molecule is CCS(=O)(=O)NCCS(=O)(=O)N1C[C@@H](CN)[C@H](c2ccccc2)C1. The van der Waals surface area contributed by atoms with Gasteiger partial charge in [0.15, 0.2) is 0 Å². The smallest absolute Gasteiger partial charge is 0.215 e. The Hall–Kier alpha value is -1.00. The minimum Gasteiger partial charge on any atom is -0.330 e. The molecular formula is C15H25N3O4S2. The lowest BCUT2D eigenvalue weighted by Gasteiger charge is -2.17. The largest absolute Gasteiger partial charge is 0.330 e.